The van der Waals surface area contributed by atoms with Gasteiger partial charge in [-0.2, -0.15) is 13.9 Å². The standard InChI is InChI=1S/C13H10BrF2N3O4S/c14-7-1-2-8(23-12(15)16)6(3-7)5-17-19-13-18-11(22)9(24-13)4-10(20)21/h1-3,5,9,12H,4H2,(H,20,21)(H,18,19,22). The SMILES string of the molecule is O=C(O)CC1SC(=NN=Cc2cc(Br)ccc2OC(F)F)NC1=O. The van der Waals surface area contributed by atoms with E-state index < -0.39 is 23.7 Å². The van der Waals surface area contributed by atoms with Crippen molar-refractivity contribution in [1.29, 1.82) is 0 Å². The van der Waals surface area contributed by atoms with Gasteiger partial charge >= 0.3 is 12.6 Å². The Kier molecular flexibility index (Phi) is 6.26. The van der Waals surface area contributed by atoms with Crippen molar-refractivity contribution in [2.45, 2.75) is 18.3 Å². The van der Waals surface area contributed by atoms with Gasteiger partial charge in [0.05, 0.1) is 12.6 Å². The number of nitrogens with one attached hydrogen (secondary N) is 1. The summed E-state index contributed by atoms with van der Waals surface area (Å²) in [7, 11) is 0. The lowest BCUT2D eigenvalue weighted by atomic mass is 10.2. The van der Waals surface area contributed by atoms with Crippen molar-refractivity contribution in [2.75, 3.05) is 0 Å². The molecular formula is C13H10BrF2N3O4S. The Bertz CT molecular complexity index is 714. The summed E-state index contributed by atoms with van der Waals surface area (Å²) in [6.07, 6.45) is 0.851. The number of rotatable bonds is 6. The highest BCUT2D eigenvalue weighted by atomic mass is 79.9. The molecule has 0 aromatic heterocycles. The molecule has 2 rings (SSSR count). The molecule has 11 heteroatoms. The van der Waals surface area contributed by atoms with E-state index in [1.165, 1.54) is 24.4 Å². The van der Waals surface area contributed by atoms with E-state index in [4.69, 9.17) is 5.11 Å². The zero-order chi connectivity index (χ0) is 17.7. The van der Waals surface area contributed by atoms with E-state index in [0.29, 0.717) is 4.47 Å². The van der Waals surface area contributed by atoms with E-state index in [1.807, 2.05) is 0 Å². The third kappa shape index (κ3) is 5.27. The highest BCUT2D eigenvalue weighted by Crippen LogP contribution is 2.24. The van der Waals surface area contributed by atoms with Crippen molar-refractivity contribution in [3.63, 3.8) is 0 Å². The minimum Gasteiger partial charge on any atom is -0.481 e. The van der Waals surface area contributed by atoms with Crippen molar-refractivity contribution >= 4 is 51.0 Å². The lowest BCUT2D eigenvalue weighted by Gasteiger charge is -2.07. The van der Waals surface area contributed by atoms with Crippen molar-refractivity contribution in [2.24, 2.45) is 10.2 Å². The molecule has 0 saturated carbocycles. The first kappa shape index (κ1) is 18.3. The molecule has 24 heavy (non-hydrogen) atoms. The molecule has 1 fully saturated rings. The first-order valence-corrected chi connectivity index (χ1v) is 8.07. The molecule has 1 aromatic rings. The van der Waals surface area contributed by atoms with Crippen molar-refractivity contribution in [3.05, 3.63) is 28.2 Å². The summed E-state index contributed by atoms with van der Waals surface area (Å²) in [5.74, 6) is -1.65. The summed E-state index contributed by atoms with van der Waals surface area (Å²) >= 11 is 4.14. The van der Waals surface area contributed by atoms with Gasteiger partial charge in [-0.05, 0) is 18.2 Å². The van der Waals surface area contributed by atoms with Gasteiger partial charge < -0.3 is 15.2 Å². The van der Waals surface area contributed by atoms with Gasteiger partial charge in [-0.1, -0.05) is 27.7 Å². The zero-order valence-electron chi connectivity index (χ0n) is 11.8. The molecule has 1 aliphatic rings. The first-order chi connectivity index (χ1) is 11.3. The fourth-order valence-electron chi connectivity index (χ4n) is 1.71. The van der Waals surface area contributed by atoms with E-state index in [9.17, 15) is 18.4 Å². The number of ether oxygens (including phenoxy) is 1. The molecule has 1 atom stereocenters. The smallest absolute Gasteiger partial charge is 0.387 e. The molecule has 0 aliphatic carbocycles. The monoisotopic (exact) mass is 421 g/mol. The third-order valence-electron chi connectivity index (χ3n) is 2.67. The Balaban J connectivity index is 2.10. The van der Waals surface area contributed by atoms with Crippen LogP contribution in [0.15, 0.2) is 32.9 Å². The van der Waals surface area contributed by atoms with Crippen LogP contribution < -0.4 is 10.1 Å². The number of hydrogen-bond acceptors (Lipinski definition) is 6. The summed E-state index contributed by atoms with van der Waals surface area (Å²) in [6, 6.07) is 4.39. The fraction of sp³-hybridized carbons (Fsp3) is 0.231. The van der Waals surface area contributed by atoms with Gasteiger partial charge in [0.25, 0.3) is 0 Å². The summed E-state index contributed by atoms with van der Waals surface area (Å²) < 4.78 is 29.7. The van der Waals surface area contributed by atoms with Crippen LogP contribution in [-0.4, -0.2) is 40.2 Å². The number of carboxylic acids is 1. The van der Waals surface area contributed by atoms with E-state index in [1.54, 1.807) is 0 Å². The van der Waals surface area contributed by atoms with E-state index in [0.717, 1.165) is 11.8 Å². The average Bonchev–Trinajstić information content (AvgIpc) is 2.81. The van der Waals surface area contributed by atoms with E-state index >= 15 is 0 Å². The summed E-state index contributed by atoms with van der Waals surface area (Å²) in [5.41, 5.74) is 0.255. The second-order valence-electron chi connectivity index (χ2n) is 4.40. The zero-order valence-corrected chi connectivity index (χ0v) is 14.2. The van der Waals surface area contributed by atoms with Crippen LogP contribution in [0.2, 0.25) is 0 Å². The summed E-state index contributed by atoms with van der Waals surface area (Å²) in [6.45, 7) is -2.98. The maximum Gasteiger partial charge on any atom is 0.387 e. The molecule has 1 heterocycles. The van der Waals surface area contributed by atoms with E-state index in [-0.39, 0.29) is 22.9 Å². The Morgan fingerprint density at radius 3 is 2.96 bits per heavy atom. The molecule has 1 aromatic carbocycles. The summed E-state index contributed by atoms with van der Waals surface area (Å²) in [4.78, 5) is 22.2. The Labute approximate surface area is 147 Å². The van der Waals surface area contributed by atoms with Crippen molar-refractivity contribution < 1.29 is 28.2 Å². The molecule has 0 spiro atoms. The Morgan fingerprint density at radius 2 is 2.29 bits per heavy atom. The van der Waals surface area contributed by atoms with Crippen LogP contribution in [0.25, 0.3) is 0 Å². The Morgan fingerprint density at radius 1 is 1.54 bits per heavy atom. The predicted octanol–water partition coefficient (Wildman–Crippen LogP) is 2.45. The van der Waals surface area contributed by atoms with Gasteiger partial charge in [0, 0.05) is 10.0 Å². The molecule has 1 unspecified atom stereocenters. The van der Waals surface area contributed by atoms with E-state index in [2.05, 4.69) is 36.2 Å². The average molecular weight is 422 g/mol. The van der Waals surface area contributed by atoms with Crippen LogP contribution in [0.4, 0.5) is 8.78 Å². The number of nitrogens with zero attached hydrogens (tertiary/aromatic N) is 2. The molecule has 2 N–H and O–H groups in total. The molecule has 1 saturated heterocycles. The van der Waals surface area contributed by atoms with Crippen LogP contribution in [-0.2, 0) is 9.59 Å². The number of hydrogen-bond donors (Lipinski definition) is 2. The van der Waals surface area contributed by atoms with Crippen LogP contribution in [0.5, 0.6) is 5.75 Å². The number of benzene rings is 1. The first-order valence-electron chi connectivity index (χ1n) is 6.40. The largest absolute Gasteiger partial charge is 0.481 e. The van der Waals surface area contributed by atoms with Gasteiger partial charge in [-0.3, -0.25) is 9.59 Å². The molecule has 7 nitrogen and oxygen atoms in total. The number of carboxylic acid groups (broad SMARTS) is 1. The molecule has 0 bridgehead atoms. The minimum absolute atomic E-state index is 0.0796. The summed E-state index contributed by atoms with van der Waals surface area (Å²) in [5, 5.41) is 17.9. The maximum atomic E-state index is 12.4. The maximum absolute atomic E-state index is 12.4. The normalized spacial score (nSPS) is 19.2. The van der Waals surface area contributed by atoms with Crippen LogP contribution in [0.1, 0.15) is 12.0 Å². The molecule has 128 valence electrons. The topological polar surface area (TPSA) is 100 Å². The number of amidine groups is 1. The van der Waals surface area contributed by atoms with Gasteiger partial charge in [-0.15, -0.1) is 5.10 Å². The molecule has 1 aliphatic heterocycles. The predicted molar refractivity (Wildman–Crippen MR) is 87.6 cm³/mol. The quantitative estimate of drug-likeness (QED) is 0.542. The number of carbonyl (C=O) groups is 2. The van der Waals surface area contributed by atoms with Crippen LogP contribution in [0.3, 0.4) is 0 Å². The number of thioether (sulfide) groups is 1. The number of carbonyl (C=O) groups excluding carboxylic acids is 1. The number of halogens is 3. The highest BCUT2D eigenvalue weighted by Gasteiger charge is 2.32. The lowest BCUT2D eigenvalue weighted by Crippen LogP contribution is -2.26. The molecule has 0 radical (unpaired) electrons. The molecular weight excluding hydrogens is 412 g/mol. The molecule has 1 amide bonds. The van der Waals surface area contributed by atoms with Gasteiger partial charge in [0.15, 0.2) is 5.17 Å². The second-order valence-corrected chi connectivity index (χ2v) is 6.51. The van der Waals surface area contributed by atoms with Crippen molar-refractivity contribution in [3.8, 4) is 5.75 Å². The number of amides is 1. The minimum atomic E-state index is -2.98. The van der Waals surface area contributed by atoms with Crippen molar-refractivity contribution in [1.82, 2.24) is 5.32 Å². The highest BCUT2D eigenvalue weighted by molar-refractivity contribution is 9.10. The van der Waals surface area contributed by atoms with Gasteiger partial charge in [0.1, 0.15) is 11.0 Å². The number of alkyl halides is 2. The second kappa shape index (κ2) is 8.20. The van der Waals surface area contributed by atoms with Gasteiger partial charge in [-0.25, -0.2) is 0 Å². The van der Waals surface area contributed by atoms with Crippen LogP contribution in [0, 0.1) is 0 Å². The van der Waals surface area contributed by atoms with Gasteiger partial charge in [0.2, 0.25) is 5.91 Å². The Hall–Kier alpha value is -2.01. The number of aliphatic carboxylic acids is 1. The third-order valence-corrected chi connectivity index (χ3v) is 4.24. The fourth-order valence-corrected chi connectivity index (χ4v) is 3.01. The van der Waals surface area contributed by atoms with Crippen LogP contribution >= 0.6 is 27.7 Å². The lowest BCUT2D eigenvalue weighted by molar-refractivity contribution is -0.138.